The van der Waals surface area contributed by atoms with Gasteiger partial charge in [0.25, 0.3) is 0 Å². The molecule has 0 atom stereocenters. The molecule has 0 saturated heterocycles. The lowest BCUT2D eigenvalue weighted by Gasteiger charge is -2.10. The van der Waals surface area contributed by atoms with Gasteiger partial charge in [-0.25, -0.2) is 9.97 Å². The van der Waals surface area contributed by atoms with Gasteiger partial charge in [0.2, 0.25) is 0 Å². The third-order valence-electron chi connectivity index (χ3n) is 4.25. The highest BCUT2D eigenvalue weighted by atomic mass is 16.5. The van der Waals surface area contributed by atoms with Crippen molar-refractivity contribution < 1.29 is 9.53 Å². The van der Waals surface area contributed by atoms with Crippen LogP contribution < -0.4 is 4.74 Å². The molecule has 0 N–H and O–H groups in total. The number of aromatic nitrogens is 4. The number of benzene rings is 1. The molecule has 3 aromatic heterocycles. The Balaban J connectivity index is 1.92. The Hall–Kier alpha value is -3.54. The zero-order valence-corrected chi connectivity index (χ0v) is 14.4. The summed E-state index contributed by atoms with van der Waals surface area (Å²) in [6.45, 7) is 1.92. The molecular weight excluding hydrogens is 328 g/mol. The van der Waals surface area contributed by atoms with E-state index in [1.807, 2.05) is 47.9 Å². The molecule has 4 aromatic rings. The topological polar surface area (TPSA) is 69.9 Å². The highest BCUT2D eigenvalue weighted by Gasteiger charge is 2.14. The highest BCUT2D eigenvalue weighted by molar-refractivity contribution is 5.81. The van der Waals surface area contributed by atoms with Gasteiger partial charge in [0.05, 0.1) is 24.1 Å². The average molecular weight is 344 g/mol. The molecule has 0 aliphatic heterocycles. The van der Waals surface area contributed by atoms with E-state index in [-0.39, 0.29) is 0 Å². The van der Waals surface area contributed by atoms with Gasteiger partial charge in [-0.2, -0.15) is 0 Å². The number of hydrogen-bond acceptors (Lipinski definition) is 5. The molecule has 0 aliphatic rings. The Labute approximate surface area is 150 Å². The second-order valence-electron chi connectivity index (χ2n) is 5.81. The maximum absolute atomic E-state index is 11.1. The first kappa shape index (κ1) is 16.0. The monoisotopic (exact) mass is 344 g/mol. The molecule has 0 unspecified atom stereocenters. The number of hydrogen-bond donors (Lipinski definition) is 0. The van der Waals surface area contributed by atoms with Crippen LogP contribution in [0.5, 0.6) is 5.75 Å². The second kappa shape index (κ2) is 6.40. The number of fused-ring (bicyclic) bond motifs is 1. The van der Waals surface area contributed by atoms with Crippen molar-refractivity contribution in [2.75, 3.05) is 7.11 Å². The number of rotatable bonds is 4. The van der Waals surface area contributed by atoms with Crippen molar-refractivity contribution in [2.24, 2.45) is 0 Å². The summed E-state index contributed by atoms with van der Waals surface area (Å²) in [7, 11) is 1.55. The zero-order chi connectivity index (χ0) is 18.1. The lowest BCUT2D eigenvalue weighted by molar-refractivity contribution is 0.112. The van der Waals surface area contributed by atoms with Crippen molar-refractivity contribution in [3.05, 3.63) is 66.2 Å². The third kappa shape index (κ3) is 2.61. The maximum Gasteiger partial charge on any atom is 0.165 e. The van der Waals surface area contributed by atoms with Crippen LogP contribution in [0.1, 0.15) is 16.2 Å². The molecule has 6 nitrogen and oxygen atoms in total. The molecule has 6 heteroatoms. The van der Waals surface area contributed by atoms with Crippen molar-refractivity contribution in [3.8, 4) is 22.7 Å². The number of methoxy groups -OCH3 is 1. The summed E-state index contributed by atoms with van der Waals surface area (Å²) in [5, 5.41) is 0. The molecule has 128 valence electrons. The lowest BCUT2D eigenvalue weighted by Crippen LogP contribution is -2.01. The van der Waals surface area contributed by atoms with Gasteiger partial charge in [-0.15, -0.1) is 0 Å². The summed E-state index contributed by atoms with van der Waals surface area (Å²) in [6.07, 6.45) is 4.26. The summed E-state index contributed by atoms with van der Waals surface area (Å²) in [4.78, 5) is 24.6. The predicted molar refractivity (Wildman–Crippen MR) is 98.8 cm³/mol. The summed E-state index contributed by atoms with van der Waals surface area (Å²) < 4.78 is 7.28. The van der Waals surface area contributed by atoms with E-state index in [2.05, 4.69) is 9.97 Å². The first-order valence-corrected chi connectivity index (χ1v) is 8.11. The predicted octanol–water partition coefficient (Wildman–Crippen LogP) is 3.61. The SMILES string of the molecule is COc1cc(-n2c(C)nc3ccc(-c4ccncc4)nc32)ccc1C=O. The number of imidazole rings is 1. The number of carbonyl (C=O) groups excluding carboxylic acids is 1. The van der Waals surface area contributed by atoms with Crippen molar-refractivity contribution in [1.82, 2.24) is 19.5 Å². The summed E-state index contributed by atoms with van der Waals surface area (Å²) in [5.74, 6) is 1.32. The quantitative estimate of drug-likeness (QED) is 0.529. The van der Waals surface area contributed by atoms with E-state index in [4.69, 9.17) is 9.72 Å². The minimum atomic E-state index is 0.503. The van der Waals surface area contributed by atoms with Crippen LogP contribution in [0, 0.1) is 6.92 Å². The molecule has 0 aliphatic carbocycles. The molecule has 0 bridgehead atoms. The molecule has 1 aromatic carbocycles. The first-order valence-electron chi connectivity index (χ1n) is 8.11. The van der Waals surface area contributed by atoms with Gasteiger partial charge >= 0.3 is 0 Å². The number of ether oxygens (including phenoxy) is 1. The number of aryl methyl sites for hydroxylation is 1. The van der Waals surface area contributed by atoms with Gasteiger partial charge in [0, 0.05) is 24.0 Å². The van der Waals surface area contributed by atoms with Gasteiger partial charge in [0.15, 0.2) is 11.9 Å². The lowest BCUT2D eigenvalue weighted by atomic mass is 10.2. The Morgan fingerprint density at radius 2 is 1.85 bits per heavy atom. The van der Waals surface area contributed by atoms with E-state index in [1.165, 1.54) is 0 Å². The molecule has 0 saturated carbocycles. The van der Waals surface area contributed by atoms with Crippen LogP contribution in [0.15, 0.2) is 54.9 Å². The molecular formula is C20H16N4O2. The van der Waals surface area contributed by atoms with Crippen LogP contribution in [0.4, 0.5) is 0 Å². The standard InChI is InChI=1S/C20H16N4O2/c1-13-22-18-6-5-17(14-7-9-21-10-8-14)23-20(18)24(13)16-4-3-15(12-25)19(11-16)26-2/h3-12H,1-2H3. The van der Waals surface area contributed by atoms with E-state index in [9.17, 15) is 4.79 Å². The molecule has 4 rings (SSSR count). The van der Waals surface area contributed by atoms with Gasteiger partial charge in [-0.1, -0.05) is 0 Å². The Kier molecular flexibility index (Phi) is 3.93. The molecule has 0 spiro atoms. The van der Waals surface area contributed by atoms with Crippen molar-refractivity contribution >= 4 is 17.5 Å². The molecule has 0 fully saturated rings. The van der Waals surface area contributed by atoms with Crippen LogP contribution in [0.2, 0.25) is 0 Å². The van der Waals surface area contributed by atoms with Crippen molar-refractivity contribution in [3.63, 3.8) is 0 Å². The third-order valence-corrected chi connectivity index (χ3v) is 4.25. The van der Waals surface area contributed by atoms with E-state index in [0.717, 1.165) is 40.2 Å². The molecule has 26 heavy (non-hydrogen) atoms. The summed E-state index contributed by atoms with van der Waals surface area (Å²) in [6, 6.07) is 13.2. The number of pyridine rings is 2. The highest BCUT2D eigenvalue weighted by Crippen LogP contribution is 2.27. The first-order chi connectivity index (χ1) is 12.7. The Morgan fingerprint density at radius 3 is 2.58 bits per heavy atom. The zero-order valence-electron chi connectivity index (χ0n) is 14.4. The normalized spacial score (nSPS) is 10.8. The van der Waals surface area contributed by atoms with Gasteiger partial charge in [0.1, 0.15) is 17.1 Å². The number of carbonyl (C=O) groups is 1. The largest absolute Gasteiger partial charge is 0.496 e. The second-order valence-corrected chi connectivity index (χ2v) is 5.81. The average Bonchev–Trinajstić information content (AvgIpc) is 3.03. The molecule has 0 amide bonds. The molecule has 0 radical (unpaired) electrons. The fourth-order valence-corrected chi connectivity index (χ4v) is 3.00. The Bertz CT molecular complexity index is 1100. The van der Waals surface area contributed by atoms with Crippen LogP contribution in [-0.4, -0.2) is 32.9 Å². The van der Waals surface area contributed by atoms with Gasteiger partial charge < -0.3 is 4.74 Å². The Morgan fingerprint density at radius 1 is 1.04 bits per heavy atom. The summed E-state index contributed by atoms with van der Waals surface area (Å²) in [5.41, 5.74) is 4.73. The minimum absolute atomic E-state index is 0.503. The van der Waals surface area contributed by atoms with Gasteiger partial charge in [-0.3, -0.25) is 14.3 Å². The van der Waals surface area contributed by atoms with Crippen LogP contribution in [0.25, 0.3) is 28.1 Å². The van der Waals surface area contributed by atoms with E-state index < -0.39 is 0 Å². The van der Waals surface area contributed by atoms with Crippen molar-refractivity contribution in [1.29, 1.82) is 0 Å². The maximum atomic E-state index is 11.1. The minimum Gasteiger partial charge on any atom is -0.496 e. The van der Waals surface area contributed by atoms with E-state index in [0.29, 0.717) is 11.3 Å². The van der Waals surface area contributed by atoms with Gasteiger partial charge in [-0.05, 0) is 43.3 Å². The van der Waals surface area contributed by atoms with Crippen LogP contribution in [-0.2, 0) is 0 Å². The van der Waals surface area contributed by atoms with Crippen LogP contribution >= 0.6 is 0 Å². The number of nitrogens with zero attached hydrogens (tertiary/aromatic N) is 4. The fraction of sp³-hybridized carbons (Fsp3) is 0.100. The van der Waals surface area contributed by atoms with Crippen LogP contribution in [0.3, 0.4) is 0 Å². The summed E-state index contributed by atoms with van der Waals surface area (Å²) >= 11 is 0. The van der Waals surface area contributed by atoms with Crippen molar-refractivity contribution in [2.45, 2.75) is 6.92 Å². The van der Waals surface area contributed by atoms with E-state index >= 15 is 0 Å². The smallest absolute Gasteiger partial charge is 0.165 e. The fourth-order valence-electron chi connectivity index (χ4n) is 3.00. The molecule has 3 heterocycles. The number of aldehydes is 1. The van der Waals surface area contributed by atoms with E-state index in [1.54, 1.807) is 25.6 Å².